The van der Waals surface area contributed by atoms with Crippen molar-refractivity contribution in [2.75, 3.05) is 24.6 Å². The number of amides is 3. The van der Waals surface area contributed by atoms with E-state index >= 15 is 0 Å². The largest absolute Gasteiger partial charge is 0.323 e. The number of hydrogen-bond donors (Lipinski definition) is 2. The second-order valence-corrected chi connectivity index (χ2v) is 9.90. The summed E-state index contributed by atoms with van der Waals surface area (Å²) < 4.78 is 12.1. The maximum Gasteiger partial charge on any atom is 0.320 e. The average molecular weight is 415 g/mol. The number of rotatable bonds is 5. The van der Waals surface area contributed by atoms with Crippen LogP contribution in [0.3, 0.4) is 0 Å². The number of nitrogens with zero attached hydrogens (tertiary/aromatic N) is 2. The van der Waals surface area contributed by atoms with Crippen molar-refractivity contribution in [3.05, 3.63) is 71.3 Å². The predicted octanol–water partition coefficient (Wildman–Crippen LogP) is 1.44. The lowest BCUT2D eigenvalue weighted by atomic mass is 10.1. The topological polar surface area (TPSA) is 95.7 Å². The number of nitrogen functional groups attached to an aromatic ring is 1. The molecule has 154 valence electrons. The number of hydrogen-bond acceptors (Lipinski definition) is 4. The first-order chi connectivity index (χ1) is 13.9. The summed E-state index contributed by atoms with van der Waals surface area (Å²) in [6.07, 6.45) is 0. The van der Waals surface area contributed by atoms with Crippen molar-refractivity contribution in [3.8, 4) is 0 Å². The number of urea groups is 1. The molecular formula is C21H26N4O3S. The van der Waals surface area contributed by atoms with Gasteiger partial charge in [0.25, 0.3) is 5.91 Å². The molecule has 2 aromatic carbocycles. The van der Waals surface area contributed by atoms with Crippen LogP contribution in [-0.2, 0) is 22.6 Å². The third-order valence-electron chi connectivity index (χ3n) is 4.94. The molecule has 0 bridgehead atoms. The predicted molar refractivity (Wildman–Crippen MR) is 116 cm³/mol. The van der Waals surface area contributed by atoms with E-state index in [1.165, 1.54) is 0 Å². The summed E-state index contributed by atoms with van der Waals surface area (Å²) in [7, 11) is -2.07. The summed E-state index contributed by atoms with van der Waals surface area (Å²) in [5.74, 6) is 9.44. The van der Waals surface area contributed by atoms with E-state index in [0.29, 0.717) is 43.2 Å². The Kier molecular flexibility index (Phi) is 6.56. The molecule has 1 fully saturated rings. The normalized spacial score (nSPS) is 15.6. The molecule has 3 rings (SSSR count). The monoisotopic (exact) mass is 414 g/mol. The lowest BCUT2D eigenvalue weighted by Gasteiger charge is -2.34. The van der Waals surface area contributed by atoms with E-state index < -0.39 is 9.52 Å². The summed E-state index contributed by atoms with van der Waals surface area (Å²) in [6, 6.07) is 16.7. The minimum absolute atomic E-state index is 0.0902. The molecular weight excluding hydrogens is 388 g/mol. The fraction of sp³-hybridized carbons (Fsp3) is 0.286. The van der Waals surface area contributed by atoms with Gasteiger partial charge in [-0.2, -0.15) is 0 Å². The SMILES string of the molecule is C=S1(=O)CCN(C(=O)N(Cc2ccccc2)Cc2ccc(C(=O)NN)cc2)CC1. The molecule has 7 nitrogen and oxygen atoms in total. The van der Waals surface area contributed by atoms with Crippen LogP contribution in [0.2, 0.25) is 0 Å². The Bertz CT molecular complexity index is 945. The Morgan fingerprint density at radius 1 is 1.00 bits per heavy atom. The lowest BCUT2D eigenvalue weighted by molar-refractivity contribution is 0.0953. The smallest absolute Gasteiger partial charge is 0.320 e. The van der Waals surface area contributed by atoms with Crippen molar-refractivity contribution in [2.24, 2.45) is 5.84 Å². The average Bonchev–Trinajstić information content (AvgIpc) is 2.73. The number of hydrazine groups is 1. The van der Waals surface area contributed by atoms with E-state index in [0.717, 1.165) is 11.1 Å². The zero-order valence-corrected chi connectivity index (χ0v) is 17.1. The first kappa shape index (κ1) is 20.9. The number of carbonyl (C=O) groups excluding carboxylic acids is 2. The molecule has 0 saturated carbocycles. The van der Waals surface area contributed by atoms with Crippen LogP contribution < -0.4 is 11.3 Å². The van der Waals surface area contributed by atoms with Gasteiger partial charge in [-0.25, -0.2) is 10.6 Å². The van der Waals surface area contributed by atoms with Gasteiger partial charge in [0.2, 0.25) is 0 Å². The van der Waals surface area contributed by atoms with E-state index in [1.54, 1.807) is 21.9 Å². The second-order valence-electron chi connectivity index (χ2n) is 7.16. The number of nitrogens with one attached hydrogen (secondary N) is 1. The molecule has 0 atom stereocenters. The van der Waals surface area contributed by atoms with Crippen LogP contribution in [0, 0.1) is 0 Å². The molecule has 8 heteroatoms. The van der Waals surface area contributed by atoms with Crippen molar-refractivity contribution in [3.63, 3.8) is 0 Å². The second kappa shape index (κ2) is 9.11. The van der Waals surface area contributed by atoms with Crippen molar-refractivity contribution in [1.29, 1.82) is 0 Å². The minimum Gasteiger partial charge on any atom is -0.323 e. The van der Waals surface area contributed by atoms with Gasteiger partial charge < -0.3 is 9.80 Å². The Morgan fingerprint density at radius 2 is 1.55 bits per heavy atom. The standard InChI is InChI=1S/C21H26N4O3S/c1-29(28)13-11-24(12-14-29)21(27)25(15-17-5-3-2-4-6-17)16-18-7-9-19(10-8-18)20(26)23-22/h2-10H,1,11-16,22H2,(H,23,26). The third-order valence-corrected chi connectivity index (χ3v) is 6.80. The maximum absolute atomic E-state index is 13.2. The van der Waals surface area contributed by atoms with Crippen molar-refractivity contribution in [1.82, 2.24) is 15.2 Å². The molecule has 3 N–H and O–H groups in total. The van der Waals surface area contributed by atoms with Gasteiger partial charge in [-0.15, -0.1) is 0 Å². The molecule has 0 aliphatic carbocycles. The Morgan fingerprint density at radius 3 is 2.10 bits per heavy atom. The fourth-order valence-electron chi connectivity index (χ4n) is 3.22. The zero-order chi connectivity index (χ0) is 20.9. The highest BCUT2D eigenvalue weighted by atomic mass is 32.2. The first-order valence-corrected chi connectivity index (χ1v) is 11.4. The van der Waals surface area contributed by atoms with Crippen LogP contribution in [0.25, 0.3) is 0 Å². The summed E-state index contributed by atoms with van der Waals surface area (Å²) >= 11 is 0. The minimum atomic E-state index is -2.07. The van der Waals surface area contributed by atoms with Gasteiger partial charge in [-0.3, -0.25) is 14.4 Å². The van der Waals surface area contributed by atoms with E-state index in [2.05, 4.69) is 11.3 Å². The van der Waals surface area contributed by atoms with E-state index in [9.17, 15) is 13.8 Å². The highest BCUT2D eigenvalue weighted by Gasteiger charge is 2.26. The van der Waals surface area contributed by atoms with Crippen LogP contribution in [0.4, 0.5) is 4.79 Å². The molecule has 1 heterocycles. The molecule has 0 radical (unpaired) electrons. The highest BCUT2D eigenvalue weighted by molar-refractivity contribution is 8.00. The fourth-order valence-corrected chi connectivity index (χ4v) is 4.53. The Labute approximate surface area is 171 Å². The van der Waals surface area contributed by atoms with Gasteiger partial charge in [-0.05, 0) is 38.7 Å². The number of benzene rings is 2. The maximum atomic E-state index is 13.2. The quantitative estimate of drug-likeness (QED) is 0.335. The van der Waals surface area contributed by atoms with Gasteiger partial charge in [0.15, 0.2) is 0 Å². The Balaban J connectivity index is 1.77. The van der Waals surface area contributed by atoms with Crippen LogP contribution in [0.1, 0.15) is 21.5 Å². The van der Waals surface area contributed by atoms with Crippen molar-refractivity contribution < 1.29 is 13.8 Å². The molecule has 1 aliphatic heterocycles. The zero-order valence-electron chi connectivity index (χ0n) is 16.3. The summed E-state index contributed by atoms with van der Waals surface area (Å²) in [4.78, 5) is 28.3. The molecule has 2 aromatic rings. The van der Waals surface area contributed by atoms with E-state index in [-0.39, 0.29) is 11.9 Å². The van der Waals surface area contributed by atoms with Gasteiger partial charge in [-0.1, -0.05) is 42.5 Å². The molecule has 1 aliphatic rings. The van der Waals surface area contributed by atoms with Gasteiger partial charge in [0.05, 0.1) is 0 Å². The van der Waals surface area contributed by atoms with Crippen LogP contribution in [-0.4, -0.2) is 56.4 Å². The Hall–Kier alpha value is -2.84. The van der Waals surface area contributed by atoms with Crippen LogP contribution in [0.15, 0.2) is 54.6 Å². The van der Waals surface area contributed by atoms with Gasteiger partial charge >= 0.3 is 6.03 Å². The van der Waals surface area contributed by atoms with Gasteiger partial charge in [0, 0.05) is 43.2 Å². The summed E-state index contributed by atoms with van der Waals surface area (Å²) in [5, 5.41) is 0. The van der Waals surface area contributed by atoms with Crippen LogP contribution >= 0.6 is 0 Å². The van der Waals surface area contributed by atoms with E-state index in [4.69, 9.17) is 5.84 Å². The molecule has 0 aromatic heterocycles. The summed E-state index contributed by atoms with van der Waals surface area (Å²) in [6.45, 7) is 1.75. The third kappa shape index (κ3) is 5.58. The van der Waals surface area contributed by atoms with Crippen molar-refractivity contribution >= 4 is 27.3 Å². The molecule has 3 amide bonds. The first-order valence-electron chi connectivity index (χ1n) is 9.38. The van der Waals surface area contributed by atoms with E-state index in [1.807, 2.05) is 42.5 Å². The highest BCUT2D eigenvalue weighted by Crippen LogP contribution is 2.15. The number of carbonyl (C=O) groups is 2. The van der Waals surface area contributed by atoms with Crippen LogP contribution in [0.5, 0.6) is 0 Å². The molecule has 1 saturated heterocycles. The summed E-state index contributed by atoms with van der Waals surface area (Å²) in [5.41, 5.74) is 4.49. The molecule has 0 spiro atoms. The molecule has 29 heavy (non-hydrogen) atoms. The van der Waals surface area contributed by atoms with Crippen molar-refractivity contribution in [2.45, 2.75) is 13.1 Å². The van der Waals surface area contributed by atoms with Gasteiger partial charge in [0.1, 0.15) is 0 Å². The number of nitrogens with two attached hydrogens (primary N) is 1. The lowest BCUT2D eigenvalue weighted by Crippen LogP contribution is -2.49. The molecule has 0 unspecified atom stereocenters.